The van der Waals surface area contributed by atoms with Gasteiger partial charge in [-0.05, 0) is 31.0 Å². The third-order valence-electron chi connectivity index (χ3n) is 2.97. The minimum atomic E-state index is -0.545. The number of aromatic hydroxyl groups is 1. The maximum absolute atomic E-state index is 12.9. The fraction of sp³-hybridized carbons (Fsp3) is 0.417. The van der Waals surface area contributed by atoms with Crippen LogP contribution in [0.3, 0.4) is 0 Å². The molecule has 0 aromatic heterocycles. The van der Waals surface area contributed by atoms with Crippen molar-refractivity contribution in [2.24, 2.45) is 0 Å². The predicted octanol–water partition coefficient (Wildman–Crippen LogP) is 1.44. The molecule has 4 nitrogen and oxygen atoms in total. The largest absolute Gasteiger partial charge is 0.507 e. The number of rotatable bonds is 3. The molecule has 1 aromatic rings. The van der Waals surface area contributed by atoms with Crippen molar-refractivity contribution >= 4 is 5.91 Å². The highest BCUT2D eigenvalue weighted by Crippen LogP contribution is 2.24. The lowest BCUT2D eigenvalue weighted by Gasteiger charge is -2.34. The number of methoxy groups -OCH3 is 1. The number of phenols is 1. The van der Waals surface area contributed by atoms with Crippen molar-refractivity contribution in [3.8, 4) is 5.75 Å². The quantitative estimate of drug-likeness (QED) is 0.839. The molecule has 92 valence electrons. The lowest BCUT2D eigenvalue weighted by atomic mass is 9.89. The Labute approximate surface area is 98.4 Å². The van der Waals surface area contributed by atoms with Crippen molar-refractivity contribution < 1.29 is 19.0 Å². The van der Waals surface area contributed by atoms with Crippen molar-refractivity contribution in [2.75, 3.05) is 7.11 Å². The van der Waals surface area contributed by atoms with Crippen LogP contribution in [-0.4, -0.2) is 30.3 Å². The van der Waals surface area contributed by atoms with Crippen molar-refractivity contribution in [1.82, 2.24) is 5.32 Å². The second-order valence-corrected chi connectivity index (χ2v) is 4.16. The van der Waals surface area contributed by atoms with Crippen LogP contribution in [0.2, 0.25) is 0 Å². The number of hydrogen-bond acceptors (Lipinski definition) is 3. The third kappa shape index (κ3) is 2.55. The summed E-state index contributed by atoms with van der Waals surface area (Å²) in [6.45, 7) is 0. The topological polar surface area (TPSA) is 58.6 Å². The van der Waals surface area contributed by atoms with E-state index in [9.17, 15) is 14.3 Å². The van der Waals surface area contributed by atoms with Crippen molar-refractivity contribution in [3.05, 3.63) is 29.6 Å². The average Bonchev–Trinajstić information content (AvgIpc) is 2.25. The molecule has 0 heterocycles. The first-order valence-electron chi connectivity index (χ1n) is 5.42. The van der Waals surface area contributed by atoms with E-state index in [0.717, 1.165) is 25.0 Å². The number of halogens is 1. The van der Waals surface area contributed by atoms with Crippen LogP contribution in [-0.2, 0) is 4.74 Å². The highest BCUT2D eigenvalue weighted by molar-refractivity contribution is 5.97. The molecule has 17 heavy (non-hydrogen) atoms. The number of hydrogen-bond donors (Lipinski definition) is 2. The number of carbonyl (C=O) groups is 1. The Bertz CT molecular complexity index is 430. The van der Waals surface area contributed by atoms with E-state index in [1.165, 1.54) is 6.07 Å². The number of amides is 1. The second-order valence-electron chi connectivity index (χ2n) is 4.16. The van der Waals surface area contributed by atoms with Gasteiger partial charge in [0.15, 0.2) is 0 Å². The lowest BCUT2D eigenvalue weighted by molar-refractivity contribution is 0.0176. The number of carbonyl (C=O) groups excluding carboxylic acids is 1. The molecule has 1 aromatic carbocycles. The third-order valence-corrected chi connectivity index (χ3v) is 2.97. The zero-order chi connectivity index (χ0) is 12.4. The molecule has 1 fully saturated rings. The molecule has 5 heteroatoms. The van der Waals surface area contributed by atoms with Gasteiger partial charge in [-0.2, -0.15) is 0 Å². The van der Waals surface area contributed by atoms with E-state index < -0.39 is 11.7 Å². The Morgan fingerprint density at radius 2 is 2.24 bits per heavy atom. The van der Waals surface area contributed by atoms with Crippen LogP contribution < -0.4 is 5.32 Å². The Kier molecular flexibility index (Phi) is 3.28. The van der Waals surface area contributed by atoms with Gasteiger partial charge in [0.1, 0.15) is 11.6 Å². The molecule has 0 aliphatic heterocycles. The summed E-state index contributed by atoms with van der Waals surface area (Å²) in [5.74, 6) is -1.22. The molecule has 2 rings (SSSR count). The van der Waals surface area contributed by atoms with Crippen LogP contribution >= 0.6 is 0 Å². The van der Waals surface area contributed by atoms with Gasteiger partial charge in [0.25, 0.3) is 5.91 Å². The highest BCUT2D eigenvalue weighted by atomic mass is 19.1. The Morgan fingerprint density at radius 3 is 2.88 bits per heavy atom. The van der Waals surface area contributed by atoms with E-state index in [1.54, 1.807) is 7.11 Å². The summed E-state index contributed by atoms with van der Waals surface area (Å²) in [7, 11) is 1.63. The van der Waals surface area contributed by atoms with Gasteiger partial charge in [0, 0.05) is 13.2 Å². The summed E-state index contributed by atoms with van der Waals surface area (Å²) in [6, 6.07) is 3.34. The van der Waals surface area contributed by atoms with Crippen molar-refractivity contribution in [2.45, 2.75) is 25.0 Å². The molecule has 1 aliphatic carbocycles. The van der Waals surface area contributed by atoms with Crippen LogP contribution in [0.4, 0.5) is 4.39 Å². The van der Waals surface area contributed by atoms with Crippen molar-refractivity contribution in [1.29, 1.82) is 0 Å². The summed E-state index contributed by atoms with van der Waals surface area (Å²) in [5, 5.41) is 12.2. The maximum atomic E-state index is 12.9. The second kappa shape index (κ2) is 4.71. The van der Waals surface area contributed by atoms with Gasteiger partial charge in [0.2, 0.25) is 0 Å². The normalized spacial score (nSPS) is 22.9. The predicted molar refractivity (Wildman–Crippen MR) is 59.4 cm³/mol. The van der Waals surface area contributed by atoms with Crippen molar-refractivity contribution in [3.63, 3.8) is 0 Å². The number of ether oxygens (including phenoxy) is 1. The van der Waals surface area contributed by atoms with E-state index in [4.69, 9.17) is 4.74 Å². The van der Waals surface area contributed by atoms with Gasteiger partial charge in [-0.25, -0.2) is 4.39 Å². The molecular weight excluding hydrogens is 225 g/mol. The van der Waals surface area contributed by atoms with Gasteiger partial charge in [-0.15, -0.1) is 0 Å². The van der Waals surface area contributed by atoms with E-state index in [1.807, 2.05) is 0 Å². The molecule has 0 atom stereocenters. The van der Waals surface area contributed by atoms with Gasteiger partial charge in [-0.3, -0.25) is 4.79 Å². The van der Waals surface area contributed by atoms with Crippen LogP contribution in [0.15, 0.2) is 18.2 Å². The minimum absolute atomic E-state index is 0.0362. The van der Waals surface area contributed by atoms with Gasteiger partial charge >= 0.3 is 0 Å². The molecule has 1 aliphatic rings. The maximum Gasteiger partial charge on any atom is 0.255 e. The summed E-state index contributed by atoms with van der Waals surface area (Å²) in [5.41, 5.74) is -0.0362. The van der Waals surface area contributed by atoms with Crippen LogP contribution in [0.5, 0.6) is 5.75 Å². The number of benzene rings is 1. The molecule has 1 amide bonds. The minimum Gasteiger partial charge on any atom is -0.507 e. The number of nitrogens with one attached hydrogen (secondary N) is 1. The molecule has 0 spiro atoms. The summed E-state index contributed by atoms with van der Waals surface area (Å²) < 4.78 is 18.0. The van der Waals surface area contributed by atoms with Crippen LogP contribution in [0.25, 0.3) is 0 Å². The SMILES string of the molecule is COC1CC(NC(=O)c2cc(F)ccc2O)C1. The molecule has 1 saturated carbocycles. The number of phenolic OH excluding ortho intramolecular Hbond substituents is 1. The molecule has 0 radical (unpaired) electrons. The first-order chi connectivity index (χ1) is 8.10. The van der Waals surface area contributed by atoms with E-state index in [-0.39, 0.29) is 23.5 Å². The molecule has 2 N–H and O–H groups in total. The molecular formula is C12H14FNO3. The molecule has 0 unspecified atom stereocenters. The Hall–Kier alpha value is -1.62. The molecule has 0 saturated heterocycles. The summed E-state index contributed by atoms with van der Waals surface area (Å²) >= 11 is 0. The fourth-order valence-electron chi connectivity index (χ4n) is 1.83. The first-order valence-corrected chi connectivity index (χ1v) is 5.42. The monoisotopic (exact) mass is 239 g/mol. The standard InChI is InChI=1S/C12H14FNO3/c1-17-9-5-8(6-9)14-12(16)10-4-7(13)2-3-11(10)15/h2-4,8-9,15H,5-6H2,1H3,(H,14,16). The fourth-order valence-corrected chi connectivity index (χ4v) is 1.83. The Balaban J connectivity index is 1.98. The summed E-state index contributed by atoms with van der Waals surface area (Å²) in [6.07, 6.45) is 1.68. The molecule has 0 bridgehead atoms. The van der Waals surface area contributed by atoms with Gasteiger partial charge in [-0.1, -0.05) is 0 Å². The smallest absolute Gasteiger partial charge is 0.255 e. The highest BCUT2D eigenvalue weighted by Gasteiger charge is 2.30. The van der Waals surface area contributed by atoms with E-state index in [0.29, 0.717) is 0 Å². The first kappa shape index (κ1) is 11.9. The van der Waals surface area contributed by atoms with Crippen LogP contribution in [0.1, 0.15) is 23.2 Å². The van der Waals surface area contributed by atoms with E-state index in [2.05, 4.69) is 5.32 Å². The Morgan fingerprint density at radius 1 is 1.53 bits per heavy atom. The average molecular weight is 239 g/mol. The zero-order valence-electron chi connectivity index (χ0n) is 9.44. The zero-order valence-corrected chi connectivity index (χ0v) is 9.44. The van der Waals surface area contributed by atoms with Gasteiger partial charge < -0.3 is 15.2 Å². The summed E-state index contributed by atoms with van der Waals surface area (Å²) in [4.78, 5) is 11.7. The van der Waals surface area contributed by atoms with Gasteiger partial charge in [0.05, 0.1) is 11.7 Å². The van der Waals surface area contributed by atoms with E-state index >= 15 is 0 Å². The lowest BCUT2D eigenvalue weighted by Crippen LogP contribution is -2.47. The van der Waals surface area contributed by atoms with Crippen LogP contribution in [0, 0.1) is 5.82 Å².